The summed E-state index contributed by atoms with van der Waals surface area (Å²) in [7, 11) is 0. The standard InChI is InChI=1S/C11H11ClFNO3/c1-6(11(16)17)14-5-10(15)8-4-7(12)2-3-9(8)13/h2-4,6,14H,5H2,1H3,(H,16,17). The number of ketones is 1. The van der Waals surface area contributed by atoms with Crippen LogP contribution in [-0.2, 0) is 4.79 Å². The zero-order valence-electron chi connectivity index (χ0n) is 9.04. The molecule has 0 aliphatic rings. The number of carboxylic acid groups (broad SMARTS) is 1. The van der Waals surface area contributed by atoms with Crippen molar-refractivity contribution in [1.82, 2.24) is 5.32 Å². The van der Waals surface area contributed by atoms with E-state index in [9.17, 15) is 14.0 Å². The van der Waals surface area contributed by atoms with E-state index in [1.54, 1.807) is 0 Å². The van der Waals surface area contributed by atoms with E-state index in [0.29, 0.717) is 0 Å². The number of hydrogen-bond donors (Lipinski definition) is 2. The third-order valence-electron chi connectivity index (χ3n) is 2.17. The second-order valence-corrected chi connectivity index (χ2v) is 3.92. The van der Waals surface area contributed by atoms with E-state index in [4.69, 9.17) is 16.7 Å². The van der Waals surface area contributed by atoms with Gasteiger partial charge in [-0.05, 0) is 25.1 Å². The van der Waals surface area contributed by atoms with Crippen LogP contribution in [0.2, 0.25) is 5.02 Å². The van der Waals surface area contributed by atoms with Crippen LogP contribution >= 0.6 is 11.6 Å². The predicted molar refractivity (Wildman–Crippen MR) is 60.8 cm³/mol. The Balaban J connectivity index is 2.70. The van der Waals surface area contributed by atoms with Crippen LogP contribution in [0.1, 0.15) is 17.3 Å². The molecule has 2 N–H and O–H groups in total. The number of hydrogen-bond acceptors (Lipinski definition) is 3. The summed E-state index contributed by atoms with van der Waals surface area (Å²) >= 11 is 5.64. The lowest BCUT2D eigenvalue weighted by Crippen LogP contribution is -2.37. The van der Waals surface area contributed by atoms with Crippen molar-refractivity contribution in [2.75, 3.05) is 6.54 Å². The molecule has 0 amide bonds. The van der Waals surface area contributed by atoms with Gasteiger partial charge in [0, 0.05) is 5.02 Å². The van der Waals surface area contributed by atoms with Crippen molar-refractivity contribution >= 4 is 23.4 Å². The molecule has 17 heavy (non-hydrogen) atoms. The fourth-order valence-corrected chi connectivity index (χ4v) is 1.31. The Labute approximate surface area is 102 Å². The van der Waals surface area contributed by atoms with E-state index >= 15 is 0 Å². The largest absolute Gasteiger partial charge is 0.480 e. The molecule has 0 heterocycles. The first-order chi connectivity index (χ1) is 7.91. The zero-order valence-corrected chi connectivity index (χ0v) is 9.79. The fourth-order valence-electron chi connectivity index (χ4n) is 1.14. The van der Waals surface area contributed by atoms with E-state index in [1.165, 1.54) is 19.1 Å². The Kier molecular flexibility index (Phi) is 4.60. The number of nitrogens with one attached hydrogen (secondary N) is 1. The smallest absolute Gasteiger partial charge is 0.320 e. The summed E-state index contributed by atoms with van der Waals surface area (Å²) in [6.07, 6.45) is 0. The highest BCUT2D eigenvalue weighted by Crippen LogP contribution is 2.15. The van der Waals surface area contributed by atoms with Crippen molar-refractivity contribution in [1.29, 1.82) is 0 Å². The van der Waals surface area contributed by atoms with E-state index in [1.807, 2.05) is 0 Å². The first kappa shape index (κ1) is 13.6. The Bertz CT molecular complexity index is 450. The van der Waals surface area contributed by atoms with Gasteiger partial charge in [0.1, 0.15) is 11.9 Å². The van der Waals surface area contributed by atoms with E-state index in [-0.39, 0.29) is 17.1 Å². The van der Waals surface area contributed by atoms with Crippen molar-refractivity contribution in [2.24, 2.45) is 0 Å². The lowest BCUT2D eigenvalue weighted by atomic mass is 10.1. The molecular weight excluding hydrogens is 249 g/mol. The minimum Gasteiger partial charge on any atom is -0.480 e. The van der Waals surface area contributed by atoms with Gasteiger partial charge < -0.3 is 5.11 Å². The molecule has 1 aromatic rings. The summed E-state index contributed by atoms with van der Waals surface area (Å²) in [5.41, 5.74) is -0.150. The molecule has 92 valence electrons. The summed E-state index contributed by atoms with van der Waals surface area (Å²) in [6.45, 7) is 1.13. The lowest BCUT2D eigenvalue weighted by Gasteiger charge is -2.08. The highest BCUT2D eigenvalue weighted by Gasteiger charge is 2.15. The SMILES string of the molecule is CC(NCC(=O)c1cc(Cl)ccc1F)C(=O)O. The van der Waals surface area contributed by atoms with Crippen molar-refractivity contribution in [3.8, 4) is 0 Å². The molecule has 0 saturated carbocycles. The molecule has 1 aromatic carbocycles. The minimum atomic E-state index is -1.08. The van der Waals surface area contributed by atoms with Gasteiger partial charge in [0.25, 0.3) is 0 Å². The van der Waals surface area contributed by atoms with Crippen molar-refractivity contribution < 1.29 is 19.1 Å². The van der Waals surface area contributed by atoms with Crippen molar-refractivity contribution in [3.05, 3.63) is 34.6 Å². The highest BCUT2D eigenvalue weighted by molar-refractivity contribution is 6.31. The van der Waals surface area contributed by atoms with Gasteiger partial charge in [-0.15, -0.1) is 0 Å². The summed E-state index contributed by atoms with van der Waals surface area (Å²) in [6, 6.07) is 2.77. The molecule has 1 rings (SSSR count). The molecule has 0 aromatic heterocycles. The number of carbonyl (C=O) groups is 2. The third-order valence-corrected chi connectivity index (χ3v) is 2.40. The van der Waals surface area contributed by atoms with E-state index < -0.39 is 23.6 Å². The summed E-state index contributed by atoms with van der Waals surface area (Å²) in [5.74, 6) is -2.30. The molecule has 0 fully saturated rings. The molecule has 1 atom stereocenters. The number of carboxylic acids is 1. The number of carbonyl (C=O) groups excluding carboxylic acids is 1. The van der Waals surface area contributed by atoms with Gasteiger partial charge in [0.05, 0.1) is 12.1 Å². The maximum atomic E-state index is 13.3. The Hall–Kier alpha value is -1.46. The molecule has 6 heteroatoms. The molecular formula is C11H11ClFNO3. The molecule has 0 bridgehead atoms. The van der Waals surface area contributed by atoms with Gasteiger partial charge >= 0.3 is 5.97 Å². The quantitative estimate of drug-likeness (QED) is 0.791. The van der Waals surface area contributed by atoms with Crippen molar-refractivity contribution in [3.63, 3.8) is 0 Å². The summed E-state index contributed by atoms with van der Waals surface area (Å²) in [4.78, 5) is 22.1. The molecule has 0 aliphatic carbocycles. The van der Waals surface area contributed by atoms with Gasteiger partial charge in [-0.3, -0.25) is 14.9 Å². The molecule has 0 radical (unpaired) electrons. The average Bonchev–Trinajstić information content (AvgIpc) is 2.28. The summed E-state index contributed by atoms with van der Waals surface area (Å²) in [5, 5.41) is 11.3. The topological polar surface area (TPSA) is 66.4 Å². The zero-order chi connectivity index (χ0) is 13.0. The summed E-state index contributed by atoms with van der Waals surface area (Å²) < 4.78 is 13.3. The van der Waals surface area contributed by atoms with Crippen LogP contribution in [0.25, 0.3) is 0 Å². The van der Waals surface area contributed by atoms with Crippen LogP contribution in [-0.4, -0.2) is 29.4 Å². The Morgan fingerprint density at radius 2 is 2.18 bits per heavy atom. The van der Waals surface area contributed by atoms with Gasteiger partial charge in [0.2, 0.25) is 0 Å². The second kappa shape index (κ2) is 5.75. The van der Waals surface area contributed by atoms with Gasteiger partial charge in [-0.25, -0.2) is 4.39 Å². The molecule has 0 saturated heterocycles. The van der Waals surface area contributed by atoms with Gasteiger partial charge in [-0.2, -0.15) is 0 Å². The maximum Gasteiger partial charge on any atom is 0.320 e. The first-order valence-electron chi connectivity index (χ1n) is 4.86. The van der Waals surface area contributed by atoms with Gasteiger partial charge in [0.15, 0.2) is 5.78 Å². The number of rotatable bonds is 5. The van der Waals surface area contributed by atoms with Crippen LogP contribution in [0.3, 0.4) is 0 Å². The molecule has 1 unspecified atom stereocenters. The molecule has 0 spiro atoms. The highest BCUT2D eigenvalue weighted by atomic mass is 35.5. The van der Waals surface area contributed by atoms with Gasteiger partial charge in [-0.1, -0.05) is 11.6 Å². The normalized spacial score (nSPS) is 12.2. The molecule has 4 nitrogen and oxygen atoms in total. The minimum absolute atomic E-state index is 0.150. The van der Waals surface area contributed by atoms with Crippen LogP contribution < -0.4 is 5.32 Å². The number of aliphatic carboxylic acids is 1. The van der Waals surface area contributed by atoms with Crippen LogP contribution in [0.4, 0.5) is 4.39 Å². The first-order valence-corrected chi connectivity index (χ1v) is 5.24. The van der Waals surface area contributed by atoms with Crippen molar-refractivity contribution in [2.45, 2.75) is 13.0 Å². The predicted octanol–water partition coefficient (Wildman–Crippen LogP) is 1.72. The number of halogens is 2. The van der Waals surface area contributed by atoms with E-state index in [2.05, 4.69) is 5.32 Å². The monoisotopic (exact) mass is 259 g/mol. The second-order valence-electron chi connectivity index (χ2n) is 3.49. The number of benzene rings is 1. The van der Waals surface area contributed by atoms with Crippen LogP contribution in [0, 0.1) is 5.82 Å². The third kappa shape index (κ3) is 3.80. The van der Waals surface area contributed by atoms with E-state index in [0.717, 1.165) is 6.07 Å². The Morgan fingerprint density at radius 1 is 1.53 bits per heavy atom. The lowest BCUT2D eigenvalue weighted by molar-refractivity contribution is -0.138. The molecule has 0 aliphatic heterocycles. The van der Waals surface area contributed by atoms with Crippen LogP contribution in [0.15, 0.2) is 18.2 Å². The number of Topliss-reactive ketones (excluding diaryl/α,β-unsaturated/α-hetero) is 1. The maximum absolute atomic E-state index is 13.3. The Morgan fingerprint density at radius 3 is 2.76 bits per heavy atom. The fraction of sp³-hybridized carbons (Fsp3) is 0.273. The van der Waals surface area contributed by atoms with Crippen LogP contribution in [0.5, 0.6) is 0 Å². The average molecular weight is 260 g/mol.